The highest BCUT2D eigenvalue weighted by molar-refractivity contribution is 7.00. The topological polar surface area (TPSA) is 16.3 Å². The number of aryl methyl sites for hydroxylation is 2. The Morgan fingerprint density at radius 2 is 0.591 bits per heavy atom. The lowest BCUT2D eigenvalue weighted by molar-refractivity contribution is 0.589. The molecular formula is C132H119BN4. The van der Waals surface area contributed by atoms with Gasteiger partial charge in [-0.15, -0.1) is 0 Å². The van der Waals surface area contributed by atoms with Gasteiger partial charge in [0.1, 0.15) is 0 Å². The SMILES string of the molecule is [2H]c1c([2H])c([2H])c2c(c1[2H])c1c([2H])c(C(C)(C)C)c([2H])c([2H])c1n2-c1ccc2c(c1)N(CCCCc1ccc(C(C)(C)C)cc1-c1ccc3c(c1)C1(c4ccccc4-c4ccccc41)c1ccccc1-3)c1cc(C(C)(C)C)cc3c1B2c1ccc(-n2c4c([2H])c([2H])c([2H])c([2H])c4c4c([2H])c(C(C)(C)C)c([2H])c([2H])c42)cc1N3CCCCc1ccc(C(C)(C)C)cc1-c1ccc2c(c1)C1(c3ccccc3-c3ccccc31)c1ccccc1-2. The predicted molar refractivity (Wildman–Crippen MR) is 582 cm³/mol. The summed E-state index contributed by atoms with van der Waals surface area (Å²) in [6.07, 6.45) is 4.29. The summed E-state index contributed by atoms with van der Waals surface area (Å²) in [5.74, 6) is 0. The van der Waals surface area contributed by atoms with Crippen LogP contribution in [0.1, 0.15) is 232 Å². The lowest BCUT2D eigenvalue weighted by atomic mass is 9.33. The van der Waals surface area contributed by atoms with Crippen molar-refractivity contribution >= 4 is 89.5 Å². The fourth-order valence-corrected chi connectivity index (χ4v) is 24.4. The maximum Gasteiger partial charge on any atom is 0.252 e. The van der Waals surface area contributed by atoms with Crippen LogP contribution in [0.4, 0.5) is 22.7 Å². The molecule has 19 aromatic rings. The van der Waals surface area contributed by atoms with E-state index in [-0.39, 0.29) is 115 Å². The number of anilines is 4. The Bertz CT molecular complexity index is 8560. The van der Waals surface area contributed by atoms with E-state index in [4.69, 9.17) is 0 Å². The Morgan fingerprint density at radius 1 is 0.263 bits per heavy atom. The Kier molecular flexibility index (Phi) is 15.9. The number of nitrogens with zero attached hydrogens (tertiary/aromatic N) is 4. The third kappa shape index (κ3) is 12.8. The van der Waals surface area contributed by atoms with E-state index < -0.39 is 58.0 Å². The maximum absolute atomic E-state index is 10.3. The van der Waals surface area contributed by atoms with Gasteiger partial charge in [0.25, 0.3) is 6.71 Å². The van der Waals surface area contributed by atoms with Crippen LogP contribution in [0.3, 0.4) is 0 Å². The first-order valence-electron chi connectivity index (χ1n) is 56.2. The number of benzene rings is 17. The summed E-state index contributed by atoms with van der Waals surface area (Å²) in [5, 5.41) is 0.530. The van der Waals surface area contributed by atoms with Crippen LogP contribution in [0.2, 0.25) is 0 Å². The van der Waals surface area contributed by atoms with Crippen molar-refractivity contribution in [3.63, 3.8) is 0 Å². The Balaban J connectivity index is 0.677. The summed E-state index contributed by atoms with van der Waals surface area (Å²) in [7, 11) is 0. The molecule has 0 unspecified atom stereocenters. The lowest BCUT2D eigenvalue weighted by Crippen LogP contribution is -2.62. The van der Waals surface area contributed by atoms with Gasteiger partial charge in [-0.2, -0.15) is 0 Å². The summed E-state index contributed by atoms with van der Waals surface area (Å²) >= 11 is 0. The first-order valence-corrected chi connectivity index (χ1v) is 49.2. The van der Waals surface area contributed by atoms with E-state index in [1.807, 2.05) is 53.7 Å². The quantitative estimate of drug-likeness (QED) is 0.0797. The molecule has 5 heteroatoms. The fourth-order valence-electron chi connectivity index (χ4n) is 24.4. The molecule has 670 valence electrons. The van der Waals surface area contributed by atoms with Gasteiger partial charge < -0.3 is 18.9 Å². The van der Waals surface area contributed by atoms with Crippen LogP contribution in [-0.2, 0) is 50.7 Å². The van der Waals surface area contributed by atoms with Crippen LogP contribution in [0.15, 0.2) is 352 Å². The van der Waals surface area contributed by atoms with Gasteiger partial charge in [0.05, 0.1) is 52.1 Å². The zero-order valence-corrected chi connectivity index (χ0v) is 80.9. The van der Waals surface area contributed by atoms with Crippen molar-refractivity contribution in [2.24, 2.45) is 0 Å². The summed E-state index contributed by atoms with van der Waals surface area (Å²) in [4.78, 5) is 4.95. The van der Waals surface area contributed by atoms with E-state index in [0.29, 0.717) is 48.4 Å². The third-order valence-corrected chi connectivity index (χ3v) is 31.2. The molecule has 17 aromatic carbocycles. The Labute approximate surface area is 829 Å². The molecule has 25 rings (SSSR count). The molecule has 2 aromatic heterocycles. The summed E-state index contributed by atoms with van der Waals surface area (Å²) in [6, 6.07) is 95.5. The minimum Gasteiger partial charge on any atom is -0.342 e. The van der Waals surface area contributed by atoms with Crippen LogP contribution in [0.25, 0.3) is 122 Å². The highest BCUT2D eigenvalue weighted by Gasteiger charge is 2.54. The molecule has 4 heterocycles. The van der Waals surface area contributed by atoms with Crippen molar-refractivity contribution in [2.75, 3.05) is 22.9 Å². The van der Waals surface area contributed by atoms with Gasteiger partial charge in [0.2, 0.25) is 0 Å². The molecule has 0 radical (unpaired) electrons. The van der Waals surface area contributed by atoms with Crippen LogP contribution in [0, 0.1) is 0 Å². The molecule has 0 saturated heterocycles. The number of fused-ring (bicyclic) bond motifs is 30. The number of unbranched alkanes of at least 4 members (excludes halogenated alkanes) is 2. The minimum atomic E-state index is -0.820. The van der Waals surface area contributed by atoms with Crippen molar-refractivity contribution in [3.05, 3.63) is 435 Å². The van der Waals surface area contributed by atoms with Crippen LogP contribution in [-0.4, -0.2) is 28.9 Å². The number of para-hydroxylation sites is 2. The van der Waals surface area contributed by atoms with Gasteiger partial charge in [0, 0.05) is 68.8 Å². The predicted octanol–water partition coefficient (Wildman–Crippen LogP) is 31.9. The normalized spacial score (nSPS) is 15.8. The van der Waals surface area contributed by atoms with Gasteiger partial charge in [-0.05, 0) is 317 Å². The number of aromatic nitrogens is 2. The lowest BCUT2D eigenvalue weighted by Gasteiger charge is -2.45. The second-order valence-electron chi connectivity index (χ2n) is 44.4. The molecule has 137 heavy (non-hydrogen) atoms. The second-order valence-corrected chi connectivity index (χ2v) is 44.4. The van der Waals surface area contributed by atoms with E-state index in [1.165, 1.54) is 122 Å². The smallest absolute Gasteiger partial charge is 0.252 e. The molecule has 0 N–H and O–H groups in total. The number of hydrogen-bond acceptors (Lipinski definition) is 2. The maximum atomic E-state index is 10.3. The summed E-state index contributed by atoms with van der Waals surface area (Å²) < 4.78 is 142. The molecule has 4 aliphatic carbocycles. The van der Waals surface area contributed by atoms with Crippen molar-refractivity contribution in [1.82, 2.24) is 9.13 Å². The first kappa shape index (κ1) is 70.6. The molecule has 0 bridgehead atoms. The largest absolute Gasteiger partial charge is 0.342 e. The van der Waals surface area contributed by atoms with Crippen molar-refractivity contribution < 1.29 is 19.2 Å². The zero-order valence-electron chi connectivity index (χ0n) is 94.9. The Morgan fingerprint density at radius 3 is 0.942 bits per heavy atom. The average Bonchev–Trinajstić information content (AvgIpc) is 1.24. The van der Waals surface area contributed by atoms with Gasteiger partial charge >= 0.3 is 0 Å². The van der Waals surface area contributed by atoms with Gasteiger partial charge in [-0.1, -0.05) is 371 Å². The van der Waals surface area contributed by atoms with Crippen LogP contribution in [0.5, 0.6) is 0 Å². The standard InChI is InChI=1S/C132H119BN4/c1-126(2,3)86-58-54-82(103(74-86)84-56-64-99-97-42-20-28-50-111(97)131(113(99)72-84)107-46-24-16-38-93(107)94-39-17-25-47-108(94)131)36-32-34-70-134-121-80-91(136-117-52-30-22-44-101(117)105-76-88(128(7,8)9)60-68-119(105)136)62-66-115(121)133-116-67-63-92(137-118-53-31-23-45-102(118)106-77-89(129(10,11)12)61-69-120(106)137)81-122(116)135(124-79-90(130(13,14)15)78-123(134)125(124)133)71-35-33-37-83-55-59-87(127(4,5)6)75-104(83)85-57-65-100-98-43-21-29-51-112(98)132(114(100)73-85)109-48-26-18-40-95(109)96-41-19-27-49-110(96)132/h16-31,38-69,72-81H,32-37,70-71H2,1-15H3/i22D,23D,30D,31D,44D,45D,52D,53D,60D,61D,68D,69D,76D,77D. The first-order chi connectivity index (χ1) is 72.0. The molecule has 2 spiro atoms. The van der Waals surface area contributed by atoms with Crippen LogP contribution < -0.4 is 26.2 Å². The minimum absolute atomic E-state index is 0.0738. The zero-order chi connectivity index (χ0) is 106. The molecule has 6 aliphatic rings. The number of hydrogen-bond donors (Lipinski definition) is 0. The molecule has 0 amide bonds. The van der Waals surface area contributed by atoms with Crippen molar-refractivity contribution in [3.8, 4) is 78.1 Å². The highest BCUT2D eigenvalue weighted by Crippen LogP contribution is 2.66. The van der Waals surface area contributed by atoms with E-state index in [9.17, 15) is 19.2 Å². The van der Waals surface area contributed by atoms with Gasteiger partial charge in [-0.25, -0.2) is 0 Å². The third-order valence-electron chi connectivity index (χ3n) is 31.2. The summed E-state index contributed by atoms with van der Waals surface area (Å²) in [6.45, 7) is 32.3. The molecular weight excluding hydrogens is 1650 g/mol. The Hall–Kier alpha value is -14.0. The van der Waals surface area contributed by atoms with E-state index in [0.717, 1.165) is 81.5 Å². The van der Waals surface area contributed by atoms with Gasteiger partial charge in [-0.3, -0.25) is 0 Å². The van der Waals surface area contributed by atoms with Crippen molar-refractivity contribution in [2.45, 2.75) is 180 Å². The highest BCUT2D eigenvalue weighted by atomic mass is 15.2. The molecule has 2 aliphatic heterocycles. The molecule has 0 atom stereocenters. The molecule has 0 saturated carbocycles. The fraction of sp³-hybridized carbons (Fsp3) is 0.227. The monoisotopic (exact) mass is 1790 g/mol. The van der Waals surface area contributed by atoms with E-state index >= 15 is 0 Å². The second kappa shape index (κ2) is 30.8. The van der Waals surface area contributed by atoms with E-state index in [2.05, 4.69) is 327 Å². The summed E-state index contributed by atoms with van der Waals surface area (Å²) in [5.41, 5.74) is 35.5. The van der Waals surface area contributed by atoms with Gasteiger partial charge in [0.15, 0.2) is 0 Å². The molecule has 4 nitrogen and oxygen atoms in total. The average molecular weight is 1790 g/mol. The van der Waals surface area contributed by atoms with Crippen LogP contribution >= 0.6 is 0 Å². The number of rotatable bonds is 14. The van der Waals surface area contributed by atoms with E-state index in [1.54, 1.807) is 9.13 Å². The van der Waals surface area contributed by atoms with Crippen molar-refractivity contribution in [1.29, 1.82) is 0 Å². The molecule has 0 fully saturated rings.